The Bertz CT molecular complexity index is 1280. The first-order chi connectivity index (χ1) is 15.9. The number of aromatic hydroxyl groups is 1. The second-order valence-electron chi connectivity index (χ2n) is 10.3. The van der Waals surface area contributed by atoms with E-state index >= 15 is 0 Å². The van der Waals surface area contributed by atoms with Gasteiger partial charge in [0.1, 0.15) is 0 Å². The molecule has 0 bridgehead atoms. The van der Waals surface area contributed by atoms with Crippen LogP contribution in [-0.4, -0.2) is 38.9 Å². The standard InChI is InChI=1S/C26H23BrFNO5/c1-26(2,3)29-24(33)13-8-7-11-14(20(13)25(29)34)9-15-21(18(30)10-16(27)22(15)31)19(11)12-5-4-6-17(28)23(12)32/h4-7,10,13-14,19-20,32H,8-9H2,1-3H3/t13-,14+,19+,20-/m0/s1. The van der Waals surface area contributed by atoms with E-state index in [0.717, 1.165) is 6.07 Å². The molecule has 0 radical (unpaired) electrons. The summed E-state index contributed by atoms with van der Waals surface area (Å²) in [7, 11) is 0. The van der Waals surface area contributed by atoms with Crippen LogP contribution < -0.4 is 0 Å². The molecule has 1 aliphatic heterocycles. The van der Waals surface area contributed by atoms with Crippen LogP contribution in [0.1, 0.15) is 45.1 Å². The van der Waals surface area contributed by atoms with E-state index in [9.17, 15) is 28.7 Å². The number of halogens is 2. The van der Waals surface area contributed by atoms with Crippen LogP contribution in [-0.2, 0) is 19.2 Å². The molecule has 4 aliphatic rings. The van der Waals surface area contributed by atoms with Crippen LogP contribution in [0.2, 0.25) is 0 Å². The number of benzene rings is 1. The molecule has 2 amide bonds. The highest BCUT2D eigenvalue weighted by molar-refractivity contribution is 9.12. The third-order valence-corrected chi connectivity index (χ3v) is 7.92. The van der Waals surface area contributed by atoms with Crippen molar-refractivity contribution in [2.75, 3.05) is 0 Å². The van der Waals surface area contributed by atoms with Gasteiger partial charge in [-0.25, -0.2) is 4.39 Å². The molecule has 1 aromatic carbocycles. The predicted octanol–water partition coefficient (Wildman–Crippen LogP) is 4.09. The summed E-state index contributed by atoms with van der Waals surface area (Å²) in [5, 5.41) is 10.6. The van der Waals surface area contributed by atoms with Crippen molar-refractivity contribution in [3.63, 3.8) is 0 Å². The summed E-state index contributed by atoms with van der Waals surface area (Å²) in [5.41, 5.74) is 0.571. The van der Waals surface area contributed by atoms with Crippen molar-refractivity contribution >= 4 is 39.3 Å². The Morgan fingerprint density at radius 3 is 2.47 bits per heavy atom. The number of carbonyl (C=O) groups is 4. The molecular formula is C26H23BrFNO5. The Labute approximate surface area is 204 Å². The minimum absolute atomic E-state index is 0.114. The molecule has 1 aromatic rings. The number of imide groups is 1. The van der Waals surface area contributed by atoms with Gasteiger partial charge >= 0.3 is 0 Å². The van der Waals surface area contributed by atoms with Crippen molar-refractivity contribution in [3.8, 4) is 5.75 Å². The summed E-state index contributed by atoms with van der Waals surface area (Å²) >= 11 is 3.16. The normalized spacial score (nSPS) is 29.0. The smallest absolute Gasteiger partial charge is 0.234 e. The third-order valence-electron chi connectivity index (χ3n) is 7.33. The van der Waals surface area contributed by atoms with Crippen molar-refractivity contribution < 1.29 is 28.7 Å². The summed E-state index contributed by atoms with van der Waals surface area (Å²) in [6.07, 6.45) is 3.46. The van der Waals surface area contributed by atoms with Gasteiger partial charge in [0.25, 0.3) is 0 Å². The zero-order valence-electron chi connectivity index (χ0n) is 18.9. The molecule has 34 heavy (non-hydrogen) atoms. The second-order valence-corrected chi connectivity index (χ2v) is 11.1. The average molecular weight is 528 g/mol. The lowest BCUT2D eigenvalue weighted by Crippen LogP contribution is -2.46. The minimum Gasteiger partial charge on any atom is -0.505 e. The Balaban J connectivity index is 1.71. The highest BCUT2D eigenvalue weighted by Crippen LogP contribution is 2.56. The van der Waals surface area contributed by atoms with Crippen LogP contribution in [0.25, 0.3) is 0 Å². The van der Waals surface area contributed by atoms with Crippen LogP contribution in [0.15, 0.2) is 51.6 Å². The van der Waals surface area contributed by atoms with Crippen molar-refractivity contribution in [1.29, 1.82) is 0 Å². The molecule has 176 valence electrons. The quantitative estimate of drug-likeness (QED) is 0.337. The van der Waals surface area contributed by atoms with Gasteiger partial charge in [0.05, 0.1) is 16.3 Å². The molecule has 8 heteroatoms. The molecular weight excluding hydrogens is 505 g/mol. The number of likely N-dealkylation sites (tertiary alicyclic amines) is 1. The number of ketones is 2. The lowest BCUT2D eigenvalue weighted by Gasteiger charge is -2.42. The second kappa shape index (κ2) is 7.57. The van der Waals surface area contributed by atoms with Crippen LogP contribution in [0, 0.1) is 23.6 Å². The fraction of sp³-hybridized carbons (Fsp3) is 0.385. The number of Topliss-reactive ketones (excluding diaryl/α,β-unsaturated/α-hetero) is 1. The van der Waals surface area contributed by atoms with E-state index in [1.165, 1.54) is 23.1 Å². The minimum atomic E-state index is -0.884. The molecule has 0 unspecified atom stereocenters. The molecule has 0 saturated carbocycles. The molecule has 5 rings (SSSR count). The van der Waals surface area contributed by atoms with Gasteiger partial charge in [-0.15, -0.1) is 0 Å². The monoisotopic (exact) mass is 527 g/mol. The number of phenolic OH excluding ortho intramolecular Hbond substituents is 1. The number of phenols is 1. The first-order valence-corrected chi connectivity index (χ1v) is 12.0. The molecule has 4 atom stereocenters. The summed E-state index contributed by atoms with van der Waals surface area (Å²) in [6.45, 7) is 5.40. The van der Waals surface area contributed by atoms with Gasteiger partial charge in [0, 0.05) is 34.2 Å². The summed E-state index contributed by atoms with van der Waals surface area (Å²) in [4.78, 5) is 54.3. The van der Waals surface area contributed by atoms with Crippen LogP contribution in [0.4, 0.5) is 4.39 Å². The van der Waals surface area contributed by atoms with Crippen molar-refractivity contribution in [3.05, 3.63) is 62.9 Å². The van der Waals surface area contributed by atoms with Crippen LogP contribution in [0.3, 0.4) is 0 Å². The number of nitrogens with zero attached hydrogens (tertiary/aromatic N) is 1. The molecule has 0 aromatic heterocycles. The Hall–Kier alpha value is -2.87. The van der Waals surface area contributed by atoms with Gasteiger partial charge in [-0.1, -0.05) is 23.8 Å². The number of carbonyl (C=O) groups excluding carboxylic acids is 4. The predicted molar refractivity (Wildman–Crippen MR) is 124 cm³/mol. The number of rotatable bonds is 1. The summed E-state index contributed by atoms with van der Waals surface area (Å²) in [5.74, 6) is -5.40. The molecule has 3 aliphatic carbocycles. The first kappa shape index (κ1) is 22.9. The number of hydrogen-bond donors (Lipinski definition) is 1. The van der Waals surface area contributed by atoms with E-state index in [0.29, 0.717) is 12.0 Å². The van der Waals surface area contributed by atoms with Gasteiger partial charge in [0.15, 0.2) is 23.1 Å². The average Bonchev–Trinajstić information content (AvgIpc) is 3.03. The lowest BCUT2D eigenvalue weighted by atomic mass is 9.59. The zero-order chi connectivity index (χ0) is 24.7. The van der Waals surface area contributed by atoms with E-state index in [1.54, 1.807) is 20.8 Å². The van der Waals surface area contributed by atoms with E-state index in [-0.39, 0.29) is 45.2 Å². The van der Waals surface area contributed by atoms with E-state index in [1.807, 2.05) is 6.08 Å². The number of amides is 2. The van der Waals surface area contributed by atoms with Gasteiger partial charge in [0.2, 0.25) is 11.8 Å². The lowest BCUT2D eigenvalue weighted by molar-refractivity contribution is -0.145. The molecule has 1 saturated heterocycles. The van der Waals surface area contributed by atoms with Crippen molar-refractivity contribution in [2.24, 2.45) is 17.8 Å². The van der Waals surface area contributed by atoms with Gasteiger partial charge < -0.3 is 5.11 Å². The summed E-state index contributed by atoms with van der Waals surface area (Å²) in [6, 6.07) is 4.08. The van der Waals surface area contributed by atoms with Gasteiger partial charge in [-0.3, -0.25) is 24.1 Å². The van der Waals surface area contributed by atoms with Crippen molar-refractivity contribution in [2.45, 2.75) is 45.1 Å². The van der Waals surface area contributed by atoms with E-state index < -0.39 is 46.6 Å². The van der Waals surface area contributed by atoms with Crippen LogP contribution >= 0.6 is 15.9 Å². The third kappa shape index (κ3) is 3.11. The molecule has 6 nitrogen and oxygen atoms in total. The van der Waals surface area contributed by atoms with Gasteiger partial charge in [-0.2, -0.15) is 0 Å². The Morgan fingerprint density at radius 1 is 1.09 bits per heavy atom. The van der Waals surface area contributed by atoms with Crippen molar-refractivity contribution in [1.82, 2.24) is 4.90 Å². The van der Waals surface area contributed by atoms with Gasteiger partial charge in [-0.05, 0) is 61.5 Å². The SMILES string of the molecule is CC(C)(C)N1C(=O)[C@H]2[C@H](CC=C3[C@H](c4cccc(F)c4O)C4=C(C[C@H]32)C(=O)C(Br)=CC4=O)C1=O. The number of hydrogen-bond acceptors (Lipinski definition) is 5. The Morgan fingerprint density at radius 2 is 1.79 bits per heavy atom. The number of fused-ring (bicyclic) bond motifs is 3. The topological polar surface area (TPSA) is 91.8 Å². The largest absolute Gasteiger partial charge is 0.505 e. The maximum absolute atomic E-state index is 14.4. The highest BCUT2D eigenvalue weighted by atomic mass is 79.9. The van der Waals surface area contributed by atoms with E-state index in [4.69, 9.17) is 0 Å². The maximum atomic E-state index is 14.4. The zero-order valence-corrected chi connectivity index (χ0v) is 20.5. The first-order valence-electron chi connectivity index (χ1n) is 11.2. The molecule has 1 N–H and O–H groups in total. The van der Waals surface area contributed by atoms with Crippen LogP contribution in [0.5, 0.6) is 5.75 Å². The number of para-hydroxylation sites is 1. The number of allylic oxidation sites excluding steroid dienone is 6. The Kier molecular flexibility index (Phi) is 5.10. The van der Waals surface area contributed by atoms with E-state index in [2.05, 4.69) is 15.9 Å². The molecule has 0 spiro atoms. The molecule has 1 fully saturated rings. The fourth-order valence-electron chi connectivity index (χ4n) is 5.99. The highest BCUT2D eigenvalue weighted by Gasteiger charge is 2.58. The maximum Gasteiger partial charge on any atom is 0.234 e. The summed E-state index contributed by atoms with van der Waals surface area (Å²) < 4.78 is 14.5. The fourth-order valence-corrected chi connectivity index (χ4v) is 6.44. The molecule has 1 heterocycles.